The number of esters is 1. The van der Waals surface area contributed by atoms with Crippen LogP contribution < -0.4 is 5.32 Å². The minimum atomic E-state index is -0.359. The lowest BCUT2D eigenvalue weighted by Gasteiger charge is -2.04. The van der Waals surface area contributed by atoms with Crippen molar-refractivity contribution >= 4 is 28.3 Å². The Labute approximate surface area is 126 Å². The van der Waals surface area contributed by atoms with E-state index in [1.807, 2.05) is 19.1 Å². The summed E-state index contributed by atoms with van der Waals surface area (Å²) >= 11 is 1.27. The standard InChI is InChI=1S/C14H15N3O3S/c1-9-4-3-5-15-11(9)7-12(18)17-14-16-10(8-21-14)6-13(19)20-2/h3-5,8H,6-7H2,1-2H3,(H,16,17,18). The molecule has 0 saturated heterocycles. The van der Waals surface area contributed by atoms with Gasteiger partial charge in [0, 0.05) is 11.6 Å². The Morgan fingerprint density at radius 2 is 2.19 bits per heavy atom. The maximum Gasteiger partial charge on any atom is 0.311 e. The first-order chi connectivity index (χ1) is 10.1. The topological polar surface area (TPSA) is 81.2 Å². The van der Waals surface area contributed by atoms with E-state index in [2.05, 4.69) is 20.0 Å². The Hall–Kier alpha value is -2.28. The van der Waals surface area contributed by atoms with E-state index < -0.39 is 0 Å². The zero-order valence-electron chi connectivity index (χ0n) is 11.8. The Morgan fingerprint density at radius 1 is 1.38 bits per heavy atom. The van der Waals surface area contributed by atoms with E-state index in [-0.39, 0.29) is 24.7 Å². The van der Waals surface area contributed by atoms with Gasteiger partial charge in [0.25, 0.3) is 0 Å². The Balaban J connectivity index is 1.94. The number of hydrogen-bond acceptors (Lipinski definition) is 6. The highest BCUT2D eigenvalue weighted by atomic mass is 32.1. The van der Waals surface area contributed by atoms with Crippen LogP contribution >= 0.6 is 11.3 Å². The molecule has 0 saturated carbocycles. The lowest BCUT2D eigenvalue weighted by molar-refractivity contribution is -0.139. The smallest absolute Gasteiger partial charge is 0.311 e. The van der Waals surface area contributed by atoms with Crippen molar-refractivity contribution in [2.45, 2.75) is 19.8 Å². The lowest BCUT2D eigenvalue weighted by Crippen LogP contribution is -2.16. The van der Waals surface area contributed by atoms with Gasteiger partial charge in [0.15, 0.2) is 5.13 Å². The molecule has 0 aliphatic carbocycles. The second-order valence-corrected chi connectivity index (χ2v) is 5.25. The van der Waals surface area contributed by atoms with Gasteiger partial charge in [-0.3, -0.25) is 14.6 Å². The van der Waals surface area contributed by atoms with Crippen molar-refractivity contribution in [1.29, 1.82) is 0 Å². The Kier molecular flexibility index (Phi) is 4.99. The van der Waals surface area contributed by atoms with Crippen molar-refractivity contribution in [3.8, 4) is 0 Å². The first-order valence-electron chi connectivity index (χ1n) is 6.30. The lowest BCUT2D eigenvalue weighted by atomic mass is 10.1. The van der Waals surface area contributed by atoms with Crippen LogP contribution in [0.15, 0.2) is 23.7 Å². The van der Waals surface area contributed by atoms with Gasteiger partial charge in [-0.2, -0.15) is 0 Å². The van der Waals surface area contributed by atoms with Crippen molar-refractivity contribution in [2.75, 3.05) is 12.4 Å². The number of hydrogen-bond donors (Lipinski definition) is 1. The minimum Gasteiger partial charge on any atom is -0.469 e. The second kappa shape index (κ2) is 6.94. The molecule has 1 amide bonds. The molecule has 0 fully saturated rings. The summed E-state index contributed by atoms with van der Waals surface area (Å²) in [5.74, 6) is -0.543. The van der Waals surface area contributed by atoms with Crippen molar-refractivity contribution < 1.29 is 14.3 Å². The number of aryl methyl sites for hydroxylation is 1. The molecule has 0 unspecified atom stereocenters. The number of thiazole rings is 1. The number of rotatable bonds is 5. The average molecular weight is 305 g/mol. The van der Waals surface area contributed by atoms with E-state index in [4.69, 9.17) is 0 Å². The number of carbonyl (C=O) groups excluding carboxylic acids is 2. The zero-order chi connectivity index (χ0) is 15.2. The molecule has 2 heterocycles. The fraction of sp³-hybridized carbons (Fsp3) is 0.286. The van der Waals surface area contributed by atoms with Gasteiger partial charge in [0.05, 0.1) is 31.3 Å². The van der Waals surface area contributed by atoms with E-state index >= 15 is 0 Å². The van der Waals surface area contributed by atoms with E-state index in [1.54, 1.807) is 11.6 Å². The third-order valence-corrected chi connectivity index (χ3v) is 3.60. The number of ether oxygens (including phenoxy) is 1. The molecule has 0 atom stereocenters. The summed E-state index contributed by atoms with van der Waals surface area (Å²) in [7, 11) is 1.33. The molecule has 2 rings (SSSR count). The molecule has 110 valence electrons. The fourth-order valence-corrected chi connectivity index (χ4v) is 2.41. The monoisotopic (exact) mass is 305 g/mol. The van der Waals surface area contributed by atoms with Crippen LogP contribution in [0.1, 0.15) is 17.0 Å². The summed E-state index contributed by atoms with van der Waals surface area (Å²) in [5, 5.41) is 4.89. The maximum atomic E-state index is 11.9. The van der Waals surface area contributed by atoms with Gasteiger partial charge in [-0.15, -0.1) is 11.3 Å². The highest BCUT2D eigenvalue weighted by molar-refractivity contribution is 7.13. The molecule has 6 nitrogen and oxygen atoms in total. The molecule has 0 spiro atoms. The Morgan fingerprint density at radius 3 is 2.90 bits per heavy atom. The van der Waals surface area contributed by atoms with Gasteiger partial charge in [-0.25, -0.2) is 4.98 Å². The van der Waals surface area contributed by atoms with E-state index in [0.29, 0.717) is 10.8 Å². The summed E-state index contributed by atoms with van der Waals surface area (Å²) in [6.07, 6.45) is 1.95. The van der Waals surface area contributed by atoms with E-state index in [1.165, 1.54) is 18.4 Å². The van der Waals surface area contributed by atoms with Gasteiger partial charge in [-0.1, -0.05) is 6.07 Å². The highest BCUT2D eigenvalue weighted by Gasteiger charge is 2.11. The summed E-state index contributed by atoms with van der Waals surface area (Å²) in [6.45, 7) is 1.91. The summed E-state index contributed by atoms with van der Waals surface area (Å²) in [6, 6.07) is 3.74. The van der Waals surface area contributed by atoms with Gasteiger partial charge in [-0.05, 0) is 18.6 Å². The second-order valence-electron chi connectivity index (χ2n) is 4.39. The van der Waals surface area contributed by atoms with Crippen LogP contribution in [0.25, 0.3) is 0 Å². The summed E-state index contributed by atoms with van der Waals surface area (Å²) in [5.41, 5.74) is 2.29. The summed E-state index contributed by atoms with van der Waals surface area (Å²) in [4.78, 5) is 31.4. The number of nitrogens with zero attached hydrogens (tertiary/aromatic N) is 2. The van der Waals surface area contributed by atoms with Gasteiger partial charge in [0.2, 0.25) is 5.91 Å². The number of anilines is 1. The zero-order valence-corrected chi connectivity index (χ0v) is 12.6. The molecule has 0 aliphatic rings. The molecule has 0 aliphatic heterocycles. The van der Waals surface area contributed by atoms with Crippen LogP contribution in [-0.2, 0) is 27.2 Å². The normalized spacial score (nSPS) is 10.2. The molecule has 7 heteroatoms. The van der Waals surface area contributed by atoms with Crippen LogP contribution in [0.4, 0.5) is 5.13 Å². The maximum absolute atomic E-state index is 11.9. The number of methoxy groups -OCH3 is 1. The number of aromatic nitrogens is 2. The number of nitrogens with one attached hydrogen (secondary N) is 1. The van der Waals surface area contributed by atoms with Gasteiger partial charge in [0.1, 0.15) is 0 Å². The molecule has 0 radical (unpaired) electrons. The van der Waals surface area contributed by atoms with Crippen LogP contribution in [0.2, 0.25) is 0 Å². The number of amides is 1. The van der Waals surface area contributed by atoms with Crippen molar-refractivity contribution in [2.24, 2.45) is 0 Å². The van der Waals surface area contributed by atoms with Crippen LogP contribution in [-0.4, -0.2) is 29.0 Å². The number of carbonyl (C=O) groups is 2. The first kappa shape index (κ1) is 15.1. The minimum absolute atomic E-state index is 0.0994. The summed E-state index contributed by atoms with van der Waals surface area (Å²) < 4.78 is 4.57. The van der Waals surface area contributed by atoms with Crippen molar-refractivity contribution in [1.82, 2.24) is 9.97 Å². The molecule has 1 N–H and O–H groups in total. The van der Waals surface area contributed by atoms with E-state index in [9.17, 15) is 9.59 Å². The fourth-order valence-electron chi connectivity index (χ4n) is 1.68. The molecular weight excluding hydrogens is 290 g/mol. The van der Waals surface area contributed by atoms with Crippen LogP contribution in [0.3, 0.4) is 0 Å². The van der Waals surface area contributed by atoms with Crippen molar-refractivity contribution in [3.05, 3.63) is 40.7 Å². The predicted octanol–water partition coefficient (Wildman–Crippen LogP) is 1.74. The largest absolute Gasteiger partial charge is 0.469 e. The number of pyridine rings is 1. The van der Waals surface area contributed by atoms with Gasteiger partial charge < -0.3 is 10.1 Å². The third-order valence-electron chi connectivity index (χ3n) is 2.80. The molecule has 0 bridgehead atoms. The first-order valence-corrected chi connectivity index (χ1v) is 7.18. The predicted molar refractivity (Wildman–Crippen MR) is 79.1 cm³/mol. The molecule has 2 aromatic heterocycles. The molecule has 0 aromatic carbocycles. The third kappa shape index (κ3) is 4.35. The quantitative estimate of drug-likeness (QED) is 0.851. The van der Waals surface area contributed by atoms with Crippen molar-refractivity contribution in [3.63, 3.8) is 0 Å². The van der Waals surface area contributed by atoms with Gasteiger partial charge >= 0.3 is 5.97 Å². The highest BCUT2D eigenvalue weighted by Crippen LogP contribution is 2.16. The Bertz CT molecular complexity index is 654. The average Bonchev–Trinajstić information content (AvgIpc) is 2.88. The molecule has 21 heavy (non-hydrogen) atoms. The molecular formula is C14H15N3O3S. The SMILES string of the molecule is COC(=O)Cc1csc(NC(=O)Cc2ncccc2C)n1. The van der Waals surface area contributed by atoms with Crippen LogP contribution in [0.5, 0.6) is 0 Å². The van der Waals surface area contributed by atoms with Crippen LogP contribution in [0, 0.1) is 6.92 Å². The molecule has 2 aromatic rings. The van der Waals surface area contributed by atoms with E-state index in [0.717, 1.165) is 11.3 Å².